The van der Waals surface area contributed by atoms with Gasteiger partial charge in [-0.15, -0.1) is 11.8 Å². The van der Waals surface area contributed by atoms with Crippen LogP contribution < -0.4 is 0 Å². The van der Waals surface area contributed by atoms with Gasteiger partial charge in [-0.3, -0.25) is 0 Å². The Balaban J connectivity index is 2.06. The second kappa shape index (κ2) is 2.96. The first-order valence-corrected chi connectivity index (χ1v) is 5.28. The molecule has 0 aromatic heterocycles. The Bertz CT molecular complexity index is 137. The Kier molecular flexibility index (Phi) is 2.12. The van der Waals surface area contributed by atoms with E-state index < -0.39 is 4.93 Å². The smallest absolute Gasteiger partial charge is 0.136 e. The molecule has 3 heteroatoms. The molecule has 2 unspecified atom stereocenters. The summed E-state index contributed by atoms with van der Waals surface area (Å²) in [6, 6.07) is 0. The second-order valence-corrected chi connectivity index (χ2v) is 4.70. The third-order valence-electron chi connectivity index (χ3n) is 2.51. The lowest BCUT2D eigenvalue weighted by Crippen LogP contribution is -2.47. The molecule has 0 spiro atoms. The predicted molar refractivity (Wildman–Crippen MR) is 45.6 cm³/mol. The minimum atomic E-state index is -0.531. The van der Waals surface area contributed by atoms with Crippen molar-refractivity contribution in [3.05, 3.63) is 0 Å². The van der Waals surface area contributed by atoms with Crippen molar-refractivity contribution in [1.82, 2.24) is 0 Å². The average molecular weight is 174 g/mol. The predicted octanol–water partition coefficient (Wildman–Crippen LogP) is 1.38. The maximum atomic E-state index is 10.0. The van der Waals surface area contributed by atoms with E-state index in [4.69, 9.17) is 4.74 Å². The number of fused-ring (bicyclic) bond motifs is 1. The molecule has 0 aromatic rings. The molecule has 1 saturated carbocycles. The van der Waals surface area contributed by atoms with Crippen LogP contribution in [0.2, 0.25) is 0 Å². The molecule has 1 saturated heterocycles. The molecule has 1 heterocycles. The monoisotopic (exact) mass is 174 g/mol. The summed E-state index contributed by atoms with van der Waals surface area (Å²) < 4.78 is 5.51. The van der Waals surface area contributed by atoms with Crippen molar-refractivity contribution in [2.45, 2.75) is 36.7 Å². The fraction of sp³-hybridized carbons (Fsp3) is 1.00. The normalized spacial score (nSPS) is 45.0. The van der Waals surface area contributed by atoms with Crippen LogP contribution in [0.5, 0.6) is 0 Å². The highest BCUT2D eigenvalue weighted by atomic mass is 32.2. The lowest BCUT2D eigenvalue weighted by Gasteiger charge is -2.42. The second-order valence-electron chi connectivity index (χ2n) is 3.30. The van der Waals surface area contributed by atoms with Gasteiger partial charge in [-0.2, -0.15) is 0 Å². The van der Waals surface area contributed by atoms with Crippen LogP contribution in [-0.4, -0.2) is 28.5 Å². The topological polar surface area (TPSA) is 29.5 Å². The molecule has 11 heavy (non-hydrogen) atoms. The largest absolute Gasteiger partial charge is 0.377 e. The van der Waals surface area contributed by atoms with Crippen molar-refractivity contribution in [2.75, 3.05) is 12.4 Å². The van der Waals surface area contributed by atoms with Gasteiger partial charge in [-0.25, -0.2) is 0 Å². The van der Waals surface area contributed by atoms with Crippen molar-refractivity contribution in [3.63, 3.8) is 0 Å². The highest BCUT2D eigenvalue weighted by Crippen LogP contribution is 2.41. The molecule has 1 aliphatic heterocycles. The van der Waals surface area contributed by atoms with E-state index in [0.717, 1.165) is 31.6 Å². The average Bonchev–Trinajstić information content (AvgIpc) is 2.03. The summed E-state index contributed by atoms with van der Waals surface area (Å²) in [5.41, 5.74) is 0. The third kappa shape index (κ3) is 1.42. The van der Waals surface area contributed by atoms with Crippen molar-refractivity contribution in [1.29, 1.82) is 0 Å². The Morgan fingerprint density at radius 3 is 3.18 bits per heavy atom. The van der Waals surface area contributed by atoms with Gasteiger partial charge in [0, 0.05) is 5.75 Å². The highest BCUT2D eigenvalue weighted by Gasteiger charge is 2.42. The van der Waals surface area contributed by atoms with Gasteiger partial charge < -0.3 is 9.84 Å². The lowest BCUT2D eigenvalue weighted by atomic mass is 9.94. The fourth-order valence-electron chi connectivity index (χ4n) is 1.88. The molecular formula is C8H14O2S. The zero-order valence-corrected chi connectivity index (χ0v) is 7.40. The van der Waals surface area contributed by atoms with E-state index in [1.54, 1.807) is 11.8 Å². The molecule has 2 atom stereocenters. The minimum Gasteiger partial charge on any atom is -0.377 e. The van der Waals surface area contributed by atoms with Gasteiger partial charge >= 0.3 is 0 Å². The van der Waals surface area contributed by atoms with E-state index in [1.807, 2.05) is 0 Å². The number of ether oxygens (including phenoxy) is 1. The van der Waals surface area contributed by atoms with Crippen LogP contribution in [0.25, 0.3) is 0 Å². The van der Waals surface area contributed by atoms with Gasteiger partial charge in [-0.1, -0.05) is 6.42 Å². The number of thioether (sulfide) groups is 1. The fourth-order valence-corrected chi connectivity index (χ4v) is 3.08. The number of rotatable bonds is 0. The molecular weight excluding hydrogens is 160 g/mol. The van der Waals surface area contributed by atoms with E-state index in [-0.39, 0.29) is 6.10 Å². The first-order valence-electron chi connectivity index (χ1n) is 4.29. The van der Waals surface area contributed by atoms with Crippen LogP contribution >= 0.6 is 11.8 Å². The Morgan fingerprint density at radius 1 is 1.45 bits per heavy atom. The van der Waals surface area contributed by atoms with Gasteiger partial charge in [0.1, 0.15) is 4.93 Å². The lowest BCUT2D eigenvalue weighted by molar-refractivity contribution is -0.0819. The van der Waals surface area contributed by atoms with Crippen LogP contribution in [-0.2, 0) is 4.74 Å². The van der Waals surface area contributed by atoms with Gasteiger partial charge in [0.15, 0.2) is 0 Å². The van der Waals surface area contributed by atoms with Crippen LogP contribution in [0.4, 0.5) is 0 Å². The molecule has 0 aromatic carbocycles. The van der Waals surface area contributed by atoms with E-state index >= 15 is 0 Å². The Morgan fingerprint density at radius 2 is 2.36 bits per heavy atom. The summed E-state index contributed by atoms with van der Waals surface area (Å²) in [5.74, 6) is 0.951. The molecule has 0 radical (unpaired) electrons. The quantitative estimate of drug-likeness (QED) is 0.601. The first-order chi connectivity index (χ1) is 5.31. The van der Waals surface area contributed by atoms with Crippen LogP contribution in [0.1, 0.15) is 25.7 Å². The summed E-state index contributed by atoms with van der Waals surface area (Å²) in [5, 5.41) is 10.0. The molecule has 0 amide bonds. The van der Waals surface area contributed by atoms with Gasteiger partial charge in [0.05, 0.1) is 12.7 Å². The third-order valence-corrected chi connectivity index (χ3v) is 3.85. The molecule has 2 fully saturated rings. The van der Waals surface area contributed by atoms with E-state index in [0.29, 0.717) is 0 Å². The van der Waals surface area contributed by atoms with E-state index in [1.165, 1.54) is 6.42 Å². The molecule has 2 rings (SSSR count). The van der Waals surface area contributed by atoms with Crippen molar-refractivity contribution in [2.24, 2.45) is 0 Å². The molecule has 1 N–H and O–H groups in total. The number of hydrogen-bond acceptors (Lipinski definition) is 3. The van der Waals surface area contributed by atoms with E-state index in [9.17, 15) is 5.11 Å². The summed E-state index contributed by atoms with van der Waals surface area (Å²) in [6.45, 7) is 0.817. The van der Waals surface area contributed by atoms with Gasteiger partial charge in [0.2, 0.25) is 0 Å². The SMILES string of the molecule is OC12CCCCC1OCCS2. The molecule has 2 aliphatic rings. The maximum absolute atomic E-state index is 10.0. The Labute approximate surface area is 71.3 Å². The standard InChI is InChI=1S/C8H14O2S/c9-8-4-2-1-3-7(8)10-5-6-11-8/h7,9H,1-6H2. The van der Waals surface area contributed by atoms with Crippen molar-refractivity contribution in [3.8, 4) is 0 Å². The summed E-state index contributed by atoms with van der Waals surface area (Å²) in [4.78, 5) is -0.531. The van der Waals surface area contributed by atoms with Crippen LogP contribution in [0, 0.1) is 0 Å². The summed E-state index contributed by atoms with van der Waals surface area (Å²) in [6.07, 6.45) is 4.46. The molecule has 0 bridgehead atoms. The maximum Gasteiger partial charge on any atom is 0.136 e. The van der Waals surface area contributed by atoms with Crippen LogP contribution in [0.15, 0.2) is 0 Å². The molecule has 1 aliphatic carbocycles. The zero-order valence-electron chi connectivity index (χ0n) is 6.58. The Hall–Kier alpha value is 0.270. The van der Waals surface area contributed by atoms with Gasteiger partial charge in [-0.05, 0) is 19.3 Å². The zero-order chi connectivity index (χ0) is 7.73. The number of aliphatic hydroxyl groups is 1. The van der Waals surface area contributed by atoms with Crippen LogP contribution in [0.3, 0.4) is 0 Å². The number of hydrogen-bond donors (Lipinski definition) is 1. The van der Waals surface area contributed by atoms with Gasteiger partial charge in [0.25, 0.3) is 0 Å². The highest BCUT2D eigenvalue weighted by molar-refractivity contribution is 8.00. The molecule has 64 valence electrons. The summed E-state index contributed by atoms with van der Waals surface area (Å²) in [7, 11) is 0. The summed E-state index contributed by atoms with van der Waals surface area (Å²) >= 11 is 1.68. The minimum absolute atomic E-state index is 0.120. The van der Waals surface area contributed by atoms with E-state index in [2.05, 4.69) is 0 Å². The molecule has 2 nitrogen and oxygen atoms in total. The first kappa shape index (κ1) is 7.90. The van der Waals surface area contributed by atoms with Crippen molar-refractivity contribution >= 4 is 11.8 Å². The van der Waals surface area contributed by atoms with Crippen molar-refractivity contribution < 1.29 is 9.84 Å².